The number of phenols is 1. The number of thioether (sulfide) groups is 1. The lowest BCUT2D eigenvalue weighted by Gasteiger charge is -2.06. The molecule has 4 nitrogen and oxygen atoms in total. The van der Waals surface area contributed by atoms with E-state index in [9.17, 15) is 9.90 Å². The summed E-state index contributed by atoms with van der Waals surface area (Å²) < 4.78 is 4.79. The average Bonchev–Trinajstić information content (AvgIpc) is 2.25. The normalized spacial score (nSPS) is 10.1. The maximum Gasteiger partial charge on any atom is 0.315 e. The Balaban J connectivity index is 2.43. The van der Waals surface area contributed by atoms with E-state index in [1.165, 1.54) is 17.8 Å². The maximum absolute atomic E-state index is 11.1. The van der Waals surface area contributed by atoms with E-state index in [2.05, 4.69) is 0 Å². The zero-order chi connectivity index (χ0) is 12.0. The Morgan fingerprint density at radius 1 is 1.56 bits per heavy atom. The summed E-state index contributed by atoms with van der Waals surface area (Å²) in [6, 6.07) is 5.09. The summed E-state index contributed by atoms with van der Waals surface area (Å²) in [6.45, 7) is 2.17. The monoisotopic (exact) mass is 241 g/mol. The number of para-hydroxylation sites is 1. The van der Waals surface area contributed by atoms with Crippen LogP contribution in [0.2, 0.25) is 0 Å². The lowest BCUT2D eigenvalue weighted by Crippen LogP contribution is -2.07. The first-order valence-corrected chi connectivity index (χ1v) is 6.10. The molecule has 0 aliphatic heterocycles. The molecule has 0 saturated heterocycles. The number of rotatable bonds is 5. The molecule has 3 N–H and O–H groups in total. The average molecular weight is 241 g/mol. The molecule has 0 amide bonds. The number of nitrogens with two attached hydrogens (primary N) is 1. The minimum absolute atomic E-state index is 0.0780. The van der Waals surface area contributed by atoms with Crippen LogP contribution in [-0.4, -0.2) is 23.4 Å². The second-order valence-corrected chi connectivity index (χ2v) is 4.13. The Morgan fingerprint density at radius 2 is 2.31 bits per heavy atom. The number of carbonyl (C=O) groups is 1. The van der Waals surface area contributed by atoms with Crippen molar-refractivity contribution < 1.29 is 14.6 Å². The Labute approximate surface area is 98.8 Å². The highest BCUT2D eigenvalue weighted by atomic mass is 32.2. The second kappa shape index (κ2) is 6.27. The fourth-order valence-corrected chi connectivity index (χ4v) is 2.00. The van der Waals surface area contributed by atoms with Crippen molar-refractivity contribution in [2.24, 2.45) is 0 Å². The van der Waals surface area contributed by atoms with E-state index in [0.29, 0.717) is 23.8 Å². The number of aromatic hydroxyl groups is 1. The van der Waals surface area contributed by atoms with Crippen molar-refractivity contribution in [2.75, 3.05) is 18.1 Å². The van der Waals surface area contributed by atoms with Gasteiger partial charge in [-0.2, -0.15) is 0 Å². The number of phenolic OH excluding ortho intramolecular Hbond substituents is 1. The maximum atomic E-state index is 11.1. The van der Waals surface area contributed by atoms with Gasteiger partial charge in [0.05, 0.1) is 18.0 Å². The van der Waals surface area contributed by atoms with E-state index < -0.39 is 0 Å². The van der Waals surface area contributed by atoms with Gasteiger partial charge >= 0.3 is 5.97 Å². The first-order chi connectivity index (χ1) is 7.65. The van der Waals surface area contributed by atoms with Crippen LogP contribution in [0.4, 0.5) is 5.69 Å². The lowest BCUT2D eigenvalue weighted by atomic mass is 10.2. The summed E-state index contributed by atoms with van der Waals surface area (Å²) in [6.07, 6.45) is 0. The van der Waals surface area contributed by atoms with Crippen molar-refractivity contribution in [1.29, 1.82) is 0 Å². The highest BCUT2D eigenvalue weighted by molar-refractivity contribution is 7.99. The minimum atomic E-state index is -0.230. The summed E-state index contributed by atoms with van der Waals surface area (Å²) in [5.74, 6) is 0.725. The fourth-order valence-electron chi connectivity index (χ4n) is 1.17. The van der Waals surface area contributed by atoms with Gasteiger partial charge in [-0.3, -0.25) is 4.79 Å². The minimum Gasteiger partial charge on any atom is -0.506 e. The number of benzene rings is 1. The molecule has 88 valence electrons. The molecule has 0 saturated carbocycles. The number of hydrogen-bond acceptors (Lipinski definition) is 5. The molecule has 1 rings (SSSR count). The van der Waals surface area contributed by atoms with Gasteiger partial charge in [0.25, 0.3) is 0 Å². The summed E-state index contributed by atoms with van der Waals surface area (Å²) in [7, 11) is 0. The van der Waals surface area contributed by atoms with Crippen LogP contribution in [0.15, 0.2) is 18.2 Å². The van der Waals surface area contributed by atoms with Crippen LogP contribution in [0.1, 0.15) is 12.5 Å². The van der Waals surface area contributed by atoms with Gasteiger partial charge in [0.1, 0.15) is 5.75 Å². The summed E-state index contributed by atoms with van der Waals surface area (Å²) in [4.78, 5) is 11.1. The number of anilines is 1. The molecule has 0 radical (unpaired) electrons. The van der Waals surface area contributed by atoms with Crippen molar-refractivity contribution in [3.8, 4) is 5.75 Å². The van der Waals surface area contributed by atoms with Gasteiger partial charge in [-0.05, 0) is 18.6 Å². The first-order valence-electron chi connectivity index (χ1n) is 4.94. The molecule has 0 aliphatic carbocycles. The third-order valence-electron chi connectivity index (χ3n) is 1.96. The Morgan fingerprint density at radius 3 is 3.00 bits per heavy atom. The summed E-state index contributed by atoms with van der Waals surface area (Å²) in [5.41, 5.74) is 6.88. The van der Waals surface area contributed by atoms with Crippen LogP contribution in [0.3, 0.4) is 0 Å². The van der Waals surface area contributed by atoms with Crippen LogP contribution in [0.25, 0.3) is 0 Å². The molecule has 16 heavy (non-hydrogen) atoms. The van der Waals surface area contributed by atoms with Crippen LogP contribution >= 0.6 is 11.8 Å². The number of hydrogen-bond donors (Lipinski definition) is 2. The molecule has 0 heterocycles. The quantitative estimate of drug-likeness (QED) is 0.467. The van der Waals surface area contributed by atoms with Gasteiger partial charge in [0.2, 0.25) is 0 Å². The van der Waals surface area contributed by atoms with Gasteiger partial charge < -0.3 is 15.6 Å². The third-order valence-corrected chi connectivity index (χ3v) is 2.91. The van der Waals surface area contributed by atoms with E-state index in [1.54, 1.807) is 13.0 Å². The molecule has 0 unspecified atom stereocenters. The first kappa shape index (κ1) is 12.7. The van der Waals surface area contributed by atoms with Crippen molar-refractivity contribution >= 4 is 23.4 Å². The fraction of sp³-hybridized carbons (Fsp3) is 0.364. The van der Waals surface area contributed by atoms with Crippen LogP contribution in [0, 0.1) is 0 Å². The van der Waals surface area contributed by atoms with Gasteiger partial charge in [-0.25, -0.2) is 0 Å². The van der Waals surface area contributed by atoms with Crippen LogP contribution < -0.4 is 5.73 Å². The molecular weight excluding hydrogens is 226 g/mol. The largest absolute Gasteiger partial charge is 0.506 e. The predicted molar refractivity (Wildman–Crippen MR) is 65.3 cm³/mol. The van der Waals surface area contributed by atoms with Gasteiger partial charge in [0, 0.05) is 5.75 Å². The molecule has 0 spiro atoms. The van der Waals surface area contributed by atoms with E-state index in [0.717, 1.165) is 5.56 Å². The van der Waals surface area contributed by atoms with Gasteiger partial charge in [0.15, 0.2) is 0 Å². The molecule has 0 atom stereocenters. The van der Waals surface area contributed by atoms with Crippen molar-refractivity contribution in [2.45, 2.75) is 12.7 Å². The zero-order valence-corrected chi connectivity index (χ0v) is 9.92. The highest BCUT2D eigenvalue weighted by Crippen LogP contribution is 2.26. The number of ether oxygens (including phenoxy) is 1. The molecule has 0 aliphatic rings. The standard InChI is InChI=1S/C11H15NO3S/c1-2-15-10(14)7-16-6-8-4-3-5-9(13)11(8)12/h3-5,13H,2,6-7,12H2,1H3. The van der Waals surface area contributed by atoms with E-state index in [4.69, 9.17) is 10.5 Å². The van der Waals surface area contributed by atoms with Gasteiger partial charge in [-0.1, -0.05) is 12.1 Å². The Kier molecular flexibility index (Phi) is 4.98. The Bertz CT molecular complexity index is 368. The number of esters is 1. The van der Waals surface area contributed by atoms with Gasteiger partial charge in [-0.15, -0.1) is 11.8 Å². The molecular formula is C11H15NO3S. The zero-order valence-electron chi connectivity index (χ0n) is 9.10. The molecule has 1 aromatic carbocycles. The van der Waals surface area contributed by atoms with E-state index >= 15 is 0 Å². The lowest BCUT2D eigenvalue weighted by molar-refractivity contribution is -0.139. The number of carbonyl (C=O) groups excluding carboxylic acids is 1. The van der Waals surface area contributed by atoms with E-state index in [1.807, 2.05) is 6.07 Å². The molecule has 0 fully saturated rings. The SMILES string of the molecule is CCOC(=O)CSCc1cccc(O)c1N. The van der Waals surface area contributed by atoms with Crippen molar-refractivity contribution in [1.82, 2.24) is 0 Å². The van der Waals surface area contributed by atoms with Crippen LogP contribution in [-0.2, 0) is 15.3 Å². The van der Waals surface area contributed by atoms with Crippen LogP contribution in [0.5, 0.6) is 5.75 Å². The highest BCUT2D eigenvalue weighted by Gasteiger charge is 2.06. The van der Waals surface area contributed by atoms with Crippen molar-refractivity contribution in [3.05, 3.63) is 23.8 Å². The van der Waals surface area contributed by atoms with Crippen molar-refractivity contribution in [3.63, 3.8) is 0 Å². The molecule has 1 aromatic rings. The second-order valence-electron chi connectivity index (χ2n) is 3.15. The topological polar surface area (TPSA) is 72.5 Å². The predicted octanol–water partition coefficient (Wildman–Crippen LogP) is 1.77. The summed E-state index contributed by atoms with van der Waals surface area (Å²) >= 11 is 1.41. The molecule has 0 aromatic heterocycles. The molecule has 5 heteroatoms. The number of nitrogen functional groups attached to an aromatic ring is 1. The summed E-state index contributed by atoms with van der Waals surface area (Å²) in [5, 5.41) is 9.37. The molecule has 0 bridgehead atoms. The van der Waals surface area contributed by atoms with E-state index in [-0.39, 0.29) is 11.7 Å². The smallest absolute Gasteiger partial charge is 0.315 e. The Hall–Kier alpha value is -1.36. The third kappa shape index (κ3) is 3.66.